The van der Waals surface area contributed by atoms with Crippen molar-refractivity contribution in [2.45, 2.75) is 25.7 Å². The molecule has 1 aromatic rings. The van der Waals surface area contributed by atoms with Crippen LogP contribution in [0.15, 0.2) is 30.3 Å². The second-order valence-corrected chi connectivity index (χ2v) is 7.62. The van der Waals surface area contributed by atoms with E-state index >= 15 is 0 Å². The van der Waals surface area contributed by atoms with Crippen molar-refractivity contribution in [3.63, 3.8) is 0 Å². The van der Waals surface area contributed by atoms with Crippen molar-refractivity contribution in [2.24, 2.45) is 5.92 Å². The zero-order chi connectivity index (χ0) is 15.5. The Balaban J connectivity index is 1.98. The van der Waals surface area contributed by atoms with E-state index in [1.807, 2.05) is 37.3 Å². The van der Waals surface area contributed by atoms with Crippen molar-refractivity contribution >= 4 is 16.0 Å². The van der Waals surface area contributed by atoms with E-state index in [-0.39, 0.29) is 11.7 Å². The summed E-state index contributed by atoms with van der Waals surface area (Å²) in [5.41, 5.74) is 1.00. The van der Waals surface area contributed by atoms with Crippen LogP contribution in [0.5, 0.6) is 0 Å². The minimum Gasteiger partial charge on any atom is -0.481 e. The van der Waals surface area contributed by atoms with Crippen molar-refractivity contribution in [1.29, 1.82) is 0 Å². The molecule has 1 saturated heterocycles. The highest BCUT2D eigenvalue weighted by molar-refractivity contribution is 7.89. The molecule has 21 heavy (non-hydrogen) atoms. The SMILES string of the molecule is CC(CS(=O)(=O)N1CCC(C(=O)O)CC1)c1ccccc1. The number of nitrogens with zero attached hydrogens (tertiary/aromatic N) is 1. The van der Waals surface area contributed by atoms with Gasteiger partial charge in [0.2, 0.25) is 10.0 Å². The number of carboxylic acid groups (broad SMARTS) is 1. The lowest BCUT2D eigenvalue weighted by atomic mass is 9.99. The van der Waals surface area contributed by atoms with Crippen molar-refractivity contribution in [2.75, 3.05) is 18.8 Å². The second-order valence-electron chi connectivity index (χ2n) is 5.60. The summed E-state index contributed by atoms with van der Waals surface area (Å²) in [6, 6.07) is 9.56. The Bertz CT molecular complexity index is 577. The molecule has 1 aliphatic heterocycles. The van der Waals surface area contributed by atoms with Crippen LogP contribution in [-0.4, -0.2) is 42.6 Å². The van der Waals surface area contributed by atoms with Crippen LogP contribution < -0.4 is 0 Å². The minimum atomic E-state index is -3.34. The maximum absolute atomic E-state index is 12.4. The van der Waals surface area contributed by atoms with Crippen LogP contribution in [-0.2, 0) is 14.8 Å². The fourth-order valence-corrected chi connectivity index (χ4v) is 4.48. The number of hydrogen-bond donors (Lipinski definition) is 1. The number of rotatable bonds is 5. The van der Waals surface area contributed by atoms with Gasteiger partial charge >= 0.3 is 5.97 Å². The van der Waals surface area contributed by atoms with E-state index in [2.05, 4.69) is 0 Å². The highest BCUT2D eigenvalue weighted by Crippen LogP contribution is 2.23. The summed E-state index contributed by atoms with van der Waals surface area (Å²) in [6.45, 7) is 2.51. The monoisotopic (exact) mass is 311 g/mol. The summed E-state index contributed by atoms with van der Waals surface area (Å²) in [6.07, 6.45) is 0.794. The van der Waals surface area contributed by atoms with Gasteiger partial charge in [-0.05, 0) is 24.3 Å². The van der Waals surface area contributed by atoms with Crippen LogP contribution in [0, 0.1) is 5.92 Å². The van der Waals surface area contributed by atoms with E-state index in [0.29, 0.717) is 25.9 Å². The van der Waals surface area contributed by atoms with Crippen molar-refractivity contribution < 1.29 is 18.3 Å². The largest absolute Gasteiger partial charge is 0.481 e. The van der Waals surface area contributed by atoms with E-state index in [4.69, 9.17) is 5.11 Å². The summed E-state index contributed by atoms with van der Waals surface area (Å²) in [5.74, 6) is -1.25. The molecule has 0 aromatic heterocycles. The smallest absolute Gasteiger partial charge is 0.306 e. The van der Waals surface area contributed by atoms with E-state index < -0.39 is 21.9 Å². The van der Waals surface area contributed by atoms with Gasteiger partial charge in [0.05, 0.1) is 11.7 Å². The van der Waals surface area contributed by atoms with Gasteiger partial charge in [-0.15, -0.1) is 0 Å². The molecule has 1 N–H and O–H groups in total. The summed E-state index contributed by atoms with van der Waals surface area (Å²) in [5, 5.41) is 8.95. The molecule has 0 amide bonds. The average molecular weight is 311 g/mol. The zero-order valence-corrected chi connectivity index (χ0v) is 12.9. The molecule has 1 aromatic carbocycles. The molecule has 1 fully saturated rings. The fraction of sp³-hybridized carbons (Fsp3) is 0.533. The number of carboxylic acids is 1. The predicted molar refractivity (Wildman–Crippen MR) is 80.6 cm³/mol. The van der Waals surface area contributed by atoms with Crippen molar-refractivity contribution in [3.05, 3.63) is 35.9 Å². The lowest BCUT2D eigenvalue weighted by molar-refractivity contribution is -0.142. The fourth-order valence-electron chi connectivity index (χ4n) is 2.68. The van der Waals surface area contributed by atoms with Gasteiger partial charge in [0, 0.05) is 13.1 Å². The zero-order valence-electron chi connectivity index (χ0n) is 12.1. The van der Waals surface area contributed by atoms with Crippen LogP contribution in [0.2, 0.25) is 0 Å². The molecular formula is C15H21NO4S. The van der Waals surface area contributed by atoms with E-state index in [1.54, 1.807) is 0 Å². The summed E-state index contributed by atoms with van der Waals surface area (Å²) in [7, 11) is -3.34. The Hall–Kier alpha value is -1.40. The van der Waals surface area contributed by atoms with Crippen molar-refractivity contribution in [1.82, 2.24) is 4.31 Å². The Labute approximate surface area is 125 Å². The second kappa shape index (κ2) is 6.58. The number of carbonyl (C=O) groups is 1. The molecule has 0 saturated carbocycles. The number of aliphatic carboxylic acids is 1. The first-order valence-electron chi connectivity index (χ1n) is 7.15. The van der Waals surface area contributed by atoms with Gasteiger partial charge in [-0.2, -0.15) is 0 Å². The Morgan fingerprint density at radius 3 is 2.38 bits per heavy atom. The van der Waals surface area contributed by atoms with Gasteiger partial charge in [0.1, 0.15) is 0 Å². The molecule has 0 radical (unpaired) electrons. The van der Waals surface area contributed by atoms with Gasteiger partial charge in [0.15, 0.2) is 0 Å². The standard InChI is InChI=1S/C15H21NO4S/c1-12(13-5-3-2-4-6-13)11-21(19,20)16-9-7-14(8-10-16)15(17)18/h2-6,12,14H,7-11H2,1H3,(H,17,18). The molecule has 2 rings (SSSR count). The number of benzene rings is 1. The highest BCUT2D eigenvalue weighted by atomic mass is 32.2. The maximum atomic E-state index is 12.4. The first kappa shape index (κ1) is 16.0. The summed E-state index contributed by atoms with van der Waals surface area (Å²) >= 11 is 0. The topological polar surface area (TPSA) is 74.7 Å². The quantitative estimate of drug-likeness (QED) is 0.901. The normalized spacial score (nSPS) is 19.3. The molecule has 0 aliphatic carbocycles. The molecule has 6 heteroatoms. The first-order chi connectivity index (χ1) is 9.90. The molecule has 0 bridgehead atoms. The Kier molecular flexibility index (Phi) is 5.00. The van der Waals surface area contributed by atoms with Gasteiger partial charge in [-0.1, -0.05) is 37.3 Å². The molecule has 5 nitrogen and oxygen atoms in total. The van der Waals surface area contributed by atoms with Crippen molar-refractivity contribution in [3.8, 4) is 0 Å². The Morgan fingerprint density at radius 1 is 1.29 bits per heavy atom. The van der Waals surface area contributed by atoms with Crippen LogP contribution in [0.1, 0.15) is 31.2 Å². The number of piperidine rings is 1. The molecule has 1 atom stereocenters. The molecule has 1 heterocycles. The lowest BCUT2D eigenvalue weighted by Gasteiger charge is -2.30. The lowest BCUT2D eigenvalue weighted by Crippen LogP contribution is -2.42. The predicted octanol–water partition coefficient (Wildman–Crippen LogP) is 1.92. The number of sulfonamides is 1. The average Bonchev–Trinajstić information content (AvgIpc) is 2.48. The van der Waals surface area contributed by atoms with Crippen LogP contribution in [0.25, 0.3) is 0 Å². The van der Waals surface area contributed by atoms with Gasteiger partial charge in [0.25, 0.3) is 0 Å². The first-order valence-corrected chi connectivity index (χ1v) is 8.76. The van der Waals surface area contributed by atoms with Crippen LogP contribution >= 0.6 is 0 Å². The van der Waals surface area contributed by atoms with Gasteiger partial charge in [-0.3, -0.25) is 4.79 Å². The summed E-state index contributed by atoms with van der Waals surface area (Å²) in [4.78, 5) is 10.9. The maximum Gasteiger partial charge on any atom is 0.306 e. The molecular weight excluding hydrogens is 290 g/mol. The van der Waals surface area contributed by atoms with Gasteiger partial charge in [-0.25, -0.2) is 12.7 Å². The molecule has 1 unspecified atom stereocenters. The van der Waals surface area contributed by atoms with E-state index in [9.17, 15) is 13.2 Å². The summed E-state index contributed by atoms with van der Waals surface area (Å²) < 4.78 is 26.3. The molecule has 0 spiro atoms. The number of hydrogen-bond acceptors (Lipinski definition) is 3. The van der Waals surface area contributed by atoms with E-state index in [0.717, 1.165) is 5.56 Å². The van der Waals surface area contributed by atoms with Crippen LogP contribution in [0.3, 0.4) is 0 Å². The third kappa shape index (κ3) is 4.04. The molecule has 1 aliphatic rings. The minimum absolute atomic E-state index is 0.0642. The van der Waals surface area contributed by atoms with E-state index in [1.165, 1.54) is 4.31 Å². The van der Waals surface area contributed by atoms with Gasteiger partial charge < -0.3 is 5.11 Å². The highest BCUT2D eigenvalue weighted by Gasteiger charge is 2.31. The van der Waals surface area contributed by atoms with Crippen LogP contribution in [0.4, 0.5) is 0 Å². The third-order valence-corrected chi connectivity index (χ3v) is 6.10. The Morgan fingerprint density at radius 2 is 1.86 bits per heavy atom. The third-order valence-electron chi connectivity index (χ3n) is 4.03. The molecule has 116 valence electrons.